The molecule has 1 fully saturated rings. The molecule has 0 bridgehead atoms. The highest BCUT2D eigenvalue weighted by Gasteiger charge is 2.28. The number of likely N-dealkylation sites (tertiary alicyclic amines) is 1. The van der Waals surface area contributed by atoms with Gasteiger partial charge in [0.05, 0.1) is 16.8 Å². The Kier molecular flexibility index (Phi) is 5.26. The molecular weight excluding hydrogens is 410 g/mol. The molecule has 1 aliphatic rings. The van der Waals surface area contributed by atoms with Crippen molar-refractivity contribution in [1.82, 2.24) is 9.88 Å². The highest BCUT2D eigenvalue weighted by atomic mass is 32.1. The van der Waals surface area contributed by atoms with Crippen LogP contribution in [0.4, 0.5) is 5.69 Å². The molecule has 7 heteroatoms. The smallest absolute Gasteiger partial charge is 0.256 e. The number of nitrogens with one attached hydrogen (secondary N) is 1. The van der Waals surface area contributed by atoms with Gasteiger partial charge in [0.1, 0.15) is 5.52 Å². The lowest BCUT2D eigenvalue weighted by Gasteiger charge is -2.31. The van der Waals surface area contributed by atoms with Gasteiger partial charge in [-0.1, -0.05) is 24.3 Å². The van der Waals surface area contributed by atoms with Gasteiger partial charge in [0.15, 0.2) is 11.5 Å². The first-order valence-electron chi connectivity index (χ1n) is 10.3. The van der Waals surface area contributed by atoms with E-state index in [2.05, 4.69) is 10.3 Å². The van der Waals surface area contributed by atoms with Crippen LogP contribution in [-0.4, -0.2) is 34.8 Å². The van der Waals surface area contributed by atoms with E-state index in [1.165, 1.54) is 11.3 Å². The molecular formula is C24H21N3O3S. The number of carbonyl (C=O) groups excluding carboxylic acids is 2. The molecule has 5 rings (SSSR count). The van der Waals surface area contributed by atoms with Crippen LogP contribution in [0.2, 0.25) is 0 Å². The summed E-state index contributed by atoms with van der Waals surface area (Å²) in [4.78, 5) is 32.1. The van der Waals surface area contributed by atoms with E-state index in [1.54, 1.807) is 23.6 Å². The van der Waals surface area contributed by atoms with Crippen molar-refractivity contribution in [2.75, 3.05) is 18.4 Å². The average Bonchev–Trinajstić information content (AvgIpc) is 3.49. The molecule has 156 valence electrons. The third-order valence-electron chi connectivity index (χ3n) is 5.63. The molecule has 0 atom stereocenters. The minimum absolute atomic E-state index is 0.0720. The number of thiophene rings is 1. The Hall–Kier alpha value is -3.45. The lowest BCUT2D eigenvalue weighted by atomic mass is 9.96. The second-order valence-corrected chi connectivity index (χ2v) is 8.38. The van der Waals surface area contributed by atoms with Crippen molar-refractivity contribution in [1.29, 1.82) is 0 Å². The van der Waals surface area contributed by atoms with Crippen molar-refractivity contribution in [3.8, 4) is 0 Å². The van der Waals surface area contributed by atoms with Crippen LogP contribution in [0.25, 0.3) is 11.1 Å². The topological polar surface area (TPSA) is 75.4 Å². The summed E-state index contributed by atoms with van der Waals surface area (Å²) in [7, 11) is 0. The lowest BCUT2D eigenvalue weighted by molar-refractivity contribution is 0.0708. The summed E-state index contributed by atoms with van der Waals surface area (Å²) in [5, 5.41) is 6.52. The quantitative estimate of drug-likeness (QED) is 0.484. The van der Waals surface area contributed by atoms with Gasteiger partial charge in [-0.3, -0.25) is 9.59 Å². The Balaban J connectivity index is 1.28. The van der Waals surface area contributed by atoms with Crippen LogP contribution in [0.1, 0.15) is 45.4 Å². The summed E-state index contributed by atoms with van der Waals surface area (Å²) in [6.45, 7) is 1.24. The molecule has 2 amide bonds. The standard InChI is InChI=1S/C24H21N3O3S/c28-22(17-11-14-31-15-17)25-19-6-2-1-5-18(19)24(29)27-12-9-16(10-13-27)23-26-20-7-3-4-8-21(20)30-23/h1-8,11,14-16H,9-10,12-13H2,(H,25,28). The number of para-hydroxylation sites is 3. The zero-order chi connectivity index (χ0) is 21.2. The van der Waals surface area contributed by atoms with Crippen LogP contribution in [-0.2, 0) is 0 Å². The van der Waals surface area contributed by atoms with E-state index in [1.807, 2.05) is 46.7 Å². The summed E-state index contributed by atoms with van der Waals surface area (Å²) in [5.74, 6) is 0.662. The predicted octanol–water partition coefficient (Wildman–Crippen LogP) is 5.16. The Bertz CT molecular complexity index is 1190. The number of anilines is 1. The average molecular weight is 432 g/mol. The third kappa shape index (κ3) is 3.96. The van der Waals surface area contributed by atoms with Gasteiger partial charge in [-0.15, -0.1) is 0 Å². The molecule has 6 nitrogen and oxygen atoms in total. The molecule has 0 spiro atoms. The lowest BCUT2D eigenvalue weighted by Crippen LogP contribution is -2.38. The number of fused-ring (bicyclic) bond motifs is 1. The van der Waals surface area contributed by atoms with Crippen LogP contribution in [0.5, 0.6) is 0 Å². The van der Waals surface area contributed by atoms with Crippen LogP contribution >= 0.6 is 11.3 Å². The number of carbonyl (C=O) groups is 2. The SMILES string of the molecule is O=C(Nc1ccccc1C(=O)N1CCC(c2nc3ccccc3o2)CC1)c1ccsc1. The fourth-order valence-electron chi connectivity index (χ4n) is 3.93. The van der Waals surface area contributed by atoms with Crippen molar-refractivity contribution in [2.24, 2.45) is 0 Å². The summed E-state index contributed by atoms with van der Waals surface area (Å²) in [5.41, 5.74) is 3.29. The molecule has 0 saturated carbocycles. The second-order valence-electron chi connectivity index (χ2n) is 7.60. The highest BCUT2D eigenvalue weighted by molar-refractivity contribution is 7.08. The fraction of sp³-hybridized carbons (Fsp3) is 0.208. The molecule has 0 radical (unpaired) electrons. The maximum absolute atomic E-state index is 13.2. The highest BCUT2D eigenvalue weighted by Crippen LogP contribution is 2.31. The molecule has 1 aliphatic heterocycles. The number of benzene rings is 2. The molecule has 4 aromatic rings. The van der Waals surface area contributed by atoms with Gasteiger partial charge in [-0.05, 0) is 48.6 Å². The van der Waals surface area contributed by atoms with E-state index in [9.17, 15) is 9.59 Å². The number of amides is 2. The van der Waals surface area contributed by atoms with Crippen molar-refractivity contribution in [2.45, 2.75) is 18.8 Å². The molecule has 2 aromatic heterocycles. The molecule has 31 heavy (non-hydrogen) atoms. The van der Waals surface area contributed by atoms with Crippen LogP contribution < -0.4 is 5.32 Å². The molecule has 0 aliphatic carbocycles. The zero-order valence-electron chi connectivity index (χ0n) is 16.8. The van der Waals surface area contributed by atoms with Crippen molar-refractivity contribution < 1.29 is 14.0 Å². The van der Waals surface area contributed by atoms with Crippen molar-refractivity contribution >= 4 is 39.9 Å². The Morgan fingerprint density at radius 1 is 1.03 bits per heavy atom. The Morgan fingerprint density at radius 3 is 2.58 bits per heavy atom. The largest absolute Gasteiger partial charge is 0.440 e. The van der Waals surface area contributed by atoms with Gasteiger partial charge >= 0.3 is 0 Å². The van der Waals surface area contributed by atoms with Crippen molar-refractivity contribution in [3.05, 3.63) is 82.4 Å². The first-order valence-corrected chi connectivity index (χ1v) is 11.2. The Labute approximate surface area is 183 Å². The van der Waals surface area contributed by atoms with Crippen molar-refractivity contribution in [3.63, 3.8) is 0 Å². The van der Waals surface area contributed by atoms with E-state index >= 15 is 0 Å². The number of hydrogen-bond donors (Lipinski definition) is 1. The maximum Gasteiger partial charge on any atom is 0.256 e. The first-order chi connectivity index (χ1) is 15.2. The monoisotopic (exact) mass is 431 g/mol. The van der Waals surface area contributed by atoms with Gasteiger partial charge in [-0.2, -0.15) is 11.3 Å². The summed E-state index contributed by atoms with van der Waals surface area (Å²) >= 11 is 1.46. The number of oxazole rings is 1. The number of piperidine rings is 1. The summed E-state index contributed by atoms with van der Waals surface area (Å²) in [6.07, 6.45) is 1.59. The van der Waals surface area contributed by atoms with Gasteiger partial charge in [0, 0.05) is 24.4 Å². The summed E-state index contributed by atoms with van der Waals surface area (Å²) in [6, 6.07) is 16.7. The van der Waals surface area contributed by atoms with E-state index in [0.717, 1.165) is 29.8 Å². The molecule has 1 N–H and O–H groups in total. The maximum atomic E-state index is 13.2. The van der Waals surface area contributed by atoms with Gasteiger partial charge < -0.3 is 14.6 Å². The summed E-state index contributed by atoms with van der Waals surface area (Å²) < 4.78 is 5.92. The van der Waals surface area contributed by atoms with Crippen LogP contribution in [0.3, 0.4) is 0 Å². The second kappa shape index (κ2) is 8.35. The molecule has 0 unspecified atom stereocenters. The first kappa shape index (κ1) is 19.5. The Morgan fingerprint density at radius 2 is 1.81 bits per heavy atom. The zero-order valence-corrected chi connectivity index (χ0v) is 17.6. The van der Waals surface area contributed by atoms with E-state index in [0.29, 0.717) is 29.9 Å². The minimum atomic E-state index is -0.212. The van der Waals surface area contributed by atoms with Crippen LogP contribution in [0, 0.1) is 0 Å². The molecule has 3 heterocycles. The van der Waals surface area contributed by atoms with E-state index in [4.69, 9.17) is 4.42 Å². The minimum Gasteiger partial charge on any atom is -0.440 e. The fourth-order valence-corrected chi connectivity index (χ4v) is 4.57. The number of rotatable bonds is 4. The predicted molar refractivity (Wildman–Crippen MR) is 121 cm³/mol. The third-order valence-corrected chi connectivity index (χ3v) is 6.31. The van der Waals surface area contributed by atoms with Gasteiger partial charge in [0.2, 0.25) is 0 Å². The van der Waals surface area contributed by atoms with Gasteiger partial charge in [-0.25, -0.2) is 4.98 Å². The molecule has 1 saturated heterocycles. The molecule has 2 aromatic carbocycles. The normalized spacial score (nSPS) is 14.6. The van der Waals surface area contributed by atoms with E-state index in [-0.39, 0.29) is 17.7 Å². The number of aromatic nitrogens is 1. The van der Waals surface area contributed by atoms with E-state index < -0.39 is 0 Å². The number of hydrogen-bond acceptors (Lipinski definition) is 5. The van der Waals surface area contributed by atoms with Gasteiger partial charge in [0.25, 0.3) is 11.8 Å². The van der Waals surface area contributed by atoms with Crippen LogP contribution in [0.15, 0.2) is 69.8 Å². The number of nitrogens with zero attached hydrogens (tertiary/aromatic N) is 2.